The number of benzene rings is 1. The smallest absolute Gasteiger partial charge is 0.230 e. The van der Waals surface area contributed by atoms with Crippen LogP contribution in [0.3, 0.4) is 0 Å². The van der Waals surface area contributed by atoms with Gasteiger partial charge in [0.25, 0.3) is 0 Å². The Bertz CT molecular complexity index is 908. The third kappa shape index (κ3) is 4.14. The van der Waals surface area contributed by atoms with Crippen LogP contribution in [-0.2, 0) is 4.79 Å². The zero-order chi connectivity index (χ0) is 19.3. The first-order chi connectivity index (χ1) is 13.7. The van der Waals surface area contributed by atoms with Crippen molar-refractivity contribution in [2.75, 3.05) is 5.75 Å². The summed E-state index contributed by atoms with van der Waals surface area (Å²) in [5, 5.41) is 12.5. The van der Waals surface area contributed by atoms with Gasteiger partial charge < -0.3 is 9.73 Å². The molecule has 0 aliphatic heterocycles. The maximum Gasteiger partial charge on any atom is 0.230 e. The highest BCUT2D eigenvalue weighted by Gasteiger charge is 2.24. The van der Waals surface area contributed by atoms with Crippen molar-refractivity contribution in [3.63, 3.8) is 0 Å². The van der Waals surface area contributed by atoms with E-state index in [-0.39, 0.29) is 11.9 Å². The molecule has 1 aliphatic carbocycles. The molecule has 7 heteroatoms. The number of hydrogen-bond acceptors (Lipinski definition) is 5. The Morgan fingerprint density at radius 2 is 2.00 bits per heavy atom. The molecule has 1 fully saturated rings. The standard InChI is InChI=1S/C21H24N4O2S/c1-15-8-5-6-11-17(15)22-19(26)14-28-21-24-23-20(18-12-7-13-27-18)25(21)16-9-3-2-4-10-16/h2-4,7,9-10,12-13,15,17H,5-6,8,11,14H2,1H3,(H,22,26)/t15-,17+/m0/s1. The zero-order valence-corrected chi connectivity index (χ0v) is 16.7. The number of nitrogens with zero attached hydrogens (tertiary/aromatic N) is 3. The van der Waals surface area contributed by atoms with Gasteiger partial charge in [-0.1, -0.05) is 49.7 Å². The molecule has 2 heterocycles. The van der Waals surface area contributed by atoms with Gasteiger partial charge in [0.15, 0.2) is 10.9 Å². The van der Waals surface area contributed by atoms with Crippen molar-refractivity contribution in [2.45, 2.75) is 43.8 Å². The van der Waals surface area contributed by atoms with E-state index in [0.717, 1.165) is 12.1 Å². The van der Waals surface area contributed by atoms with E-state index in [1.54, 1.807) is 6.26 Å². The van der Waals surface area contributed by atoms with E-state index >= 15 is 0 Å². The van der Waals surface area contributed by atoms with Crippen LogP contribution in [0.5, 0.6) is 0 Å². The summed E-state index contributed by atoms with van der Waals surface area (Å²) in [6.07, 6.45) is 6.33. The third-order valence-electron chi connectivity index (χ3n) is 5.18. The minimum atomic E-state index is 0.0471. The van der Waals surface area contributed by atoms with Crippen LogP contribution in [0.4, 0.5) is 0 Å². The molecule has 2 aromatic heterocycles. The highest BCUT2D eigenvalue weighted by Crippen LogP contribution is 2.28. The van der Waals surface area contributed by atoms with Crippen molar-refractivity contribution < 1.29 is 9.21 Å². The molecule has 1 aliphatic rings. The van der Waals surface area contributed by atoms with Crippen molar-refractivity contribution in [1.29, 1.82) is 0 Å². The second kappa shape index (κ2) is 8.65. The van der Waals surface area contributed by atoms with E-state index in [9.17, 15) is 4.79 Å². The quantitative estimate of drug-likeness (QED) is 0.629. The molecule has 0 saturated heterocycles. The predicted molar refractivity (Wildman–Crippen MR) is 109 cm³/mol. The van der Waals surface area contributed by atoms with Crippen molar-refractivity contribution >= 4 is 17.7 Å². The van der Waals surface area contributed by atoms with E-state index in [4.69, 9.17) is 4.42 Å². The van der Waals surface area contributed by atoms with E-state index in [1.807, 2.05) is 47.0 Å². The lowest BCUT2D eigenvalue weighted by Crippen LogP contribution is -2.41. The maximum atomic E-state index is 12.5. The lowest BCUT2D eigenvalue weighted by Gasteiger charge is -2.29. The normalized spacial score (nSPS) is 19.5. The Kier molecular flexibility index (Phi) is 5.81. The molecule has 146 valence electrons. The number of amides is 1. The van der Waals surface area contributed by atoms with Crippen molar-refractivity contribution in [1.82, 2.24) is 20.1 Å². The Morgan fingerprint density at radius 3 is 2.75 bits per heavy atom. The summed E-state index contributed by atoms with van der Waals surface area (Å²) in [5.74, 6) is 2.17. The summed E-state index contributed by atoms with van der Waals surface area (Å²) < 4.78 is 7.45. The second-order valence-corrected chi connectivity index (χ2v) is 8.12. The largest absolute Gasteiger partial charge is 0.461 e. The van der Waals surface area contributed by atoms with Gasteiger partial charge in [-0.05, 0) is 43.0 Å². The second-order valence-electron chi connectivity index (χ2n) is 7.18. The molecular weight excluding hydrogens is 372 g/mol. The maximum absolute atomic E-state index is 12.5. The highest BCUT2D eigenvalue weighted by atomic mass is 32.2. The summed E-state index contributed by atoms with van der Waals surface area (Å²) >= 11 is 1.39. The van der Waals surface area contributed by atoms with Crippen LogP contribution < -0.4 is 5.32 Å². The lowest BCUT2D eigenvalue weighted by atomic mass is 9.86. The number of rotatable bonds is 6. The van der Waals surface area contributed by atoms with Gasteiger partial charge >= 0.3 is 0 Å². The van der Waals surface area contributed by atoms with Crippen LogP contribution in [0.1, 0.15) is 32.6 Å². The third-order valence-corrected chi connectivity index (χ3v) is 6.11. The number of nitrogens with one attached hydrogen (secondary N) is 1. The van der Waals surface area contributed by atoms with E-state index in [1.165, 1.54) is 31.0 Å². The summed E-state index contributed by atoms with van der Waals surface area (Å²) in [6, 6.07) is 13.8. The molecule has 0 bridgehead atoms. The molecule has 1 N–H and O–H groups in total. The Labute approximate surface area is 168 Å². The van der Waals surface area contributed by atoms with E-state index in [2.05, 4.69) is 22.4 Å². The summed E-state index contributed by atoms with van der Waals surface area (Å²) in [5.41, 5.74) is 0.933. The Balaban J connectivity index is 1.51. The van der Waals surface area contributed by atoms with Gasteiger partial charge in [-0.15, -0.1) is 10.2 Å². The van der Waals surface area contributed by atoms with Crippen molar-refractivity contribution in [2.24, 2.45) is 5.92 Å². The number of carbonyl (C=O) groups excluding carboxylic acids is 1. The van der Waals surface area contributed by atoms with Crippen molar-refractivity contribution in [3.05, 3.63) is 48.7 Å². The number of aromatic nitrogens is 3. The van der Waals surface area contributed by atoms with E-state index < -0.39 is 0 Å². The molecule has 0 unspecified atom stereocenters. The van der Waals surface area contributed by atoms with Crippen LogP contribution in [0.25, 0.3) is 17.3 Å². The Hall–Kier alpha value is -2.54. The lowest BCUT2D eigenvalue weighted by molar-refractivity contribution is -0.119. The van der Waals surface area contributed by atoms with Gasteiger partial charge in [0, 0.05) is 11.7 Å². The summed E-state index contributed by atoms with van der Waals surface area (Å²) in [7, 11) is 0. The highest BCUT2D eigenvalue weighted by molar-refractivity contribution is 7.99. The SMILES string of the molecule is C[C@H]1CCCC[C@H]1NC(=O)CSc1nnc(-c2ccco2)n1-c1ccccc1. The molecule has 2 atom stereocenters. The van der Waals surface area contributed by atoms with Gasteiger partial charge in [-0.2, -0.15) is 0 Å². The van der Waals surface area contributed by atoms with Gasteiger partial charge in [0.2, 0.25) is 11.7 Å². The molecule has 6 nitrogen and oxygen atoms in total. The van der Waals surface area contributed by atoms with Gasteiger partial charge in [-0.25, -0.2) is 0 Å². The molecule has 28 heavy (non-hydrogen) atoms. The van der Waals surface area contributed by atoms with E-state index in [0.29, 0.717) is 28.4 Å². The first-order valence-electron chi connectivity index (χ1n) is 9.69. The van der Waals surface area contributed by atoms with Crippen LogP contribution in [0.2, 0.25) is 0 Å². The molecule has 4 rings (SSSR count). The van der Waals surface area contributed by atoms with Gasteiger partial charge in [0.1, 0.15) is 0 Å². The summed E-state index contributed by atoms with van der Waals surface area (Å²) in [4.78, 5) is 12.5. The van der Waals surface area contributed by atoms with Crippen LogP contribution in [-0.4, -0.2) is 32.5 Å². The number of para-hydroxylation sites is 1. The average molecular weight is 397 g/mol. The summed E-state index contributed by atoms with van der Waals surface area (Å²) in [6.45, 7) is 2.22. The average Bonchev–Trinajstić information content (AvgIpc) is 3.38. The van der Waals surface area contributed by atoms with Crippen LogP contribution in [0.15, 0.2) is 58.3 Å². The number of furan rings is 1. The Morgan fingerprint density at radius 1 is 1.18 bits per heavy atom. The fourth-order valence-corrected chi connectivity index (χ4v) is 4.41. The first kappa shape index (κ1) is 18.8. The minimum Gasteiger partial charge on any atom is -0.461 e. The van der Waals surface area contributed by atoms with Gasteiger partial charge in [0.05, 0.1) is 12.0 Å². The molecule has 1 amide bonds. The van der Waals surface area contributed by atoms with Crippen molar-refractivity contribution in [3.8, 4) is 17.3 Å². The molecule has 3 aromatic rings. The topological polar surface area (TPSA) is 73.0 Å². The zero-order valence-electron chi connectivity index (χ0n) is 15.9. The predicted octanol–water partition coefficient (Wildman–Crippen LogP) is 4.31. The molecule has 1 aromatic carbocycles. The minimum absolute atomic E-state index is 0.0471. The first-order valence-corrected chi connectivity index (χ1v) is 10.7. The number of hydrogen-bond donors (Lipinski definition) is 1. The number of thioether (sulfide) groups is 1. The van der Waals surface area contributed by atoms with Crippen LogP contribution in [0, 0.1) is 5.92 Å². The molecule has 1 saturated carbocycles. The fraction of sp³-hybridized carbons (Fsp3) is 0.381. The van der Waals surface area contributed by atoms with Gasteiger partial charge in [-0.3, -0.25) is 9.36 Å². The molecular formula is C21H24N4O2S. The fourth-order valence-electron chi connectivity index (χ4n) is 3.65. The molecule has 0 radical (unpaired) electrons. The number of carbonyl (C=O) groups is 1. The molecule has 0 spiro atoms. The monoisotopic (exact) mass is 396 g/mol. The van der Waals surface area contributed by atoms with Crippen LogP contribution >= 0.6 is 11.8 Å².